The van der Waals surface area contributed by atoms with E-state index in [0.717, 1.165) is 5.92 Å². The Morgan fingerprint density at radius 2 is 1.54 bits per heavy atom. The molecule has 0 saturated heterocycles. The summed E-state index contributed by atoms with van der Waals surface area (Å²) < 4.78 is 0. The first kappa shape index (κ1) is 8.80. The van der Waals surface area contributed by atoms with E-state index < -0.39 is 0 Å². The molecule has 0 aromatic carbocycles. The van der Waals surface area contributed by atoms with Gasteiger partial charge in [-0.2, -0.15) is 0 Å². The van der Waals surface area contributed by atoms with Crippen LogP contribution in [0.15, 0.2) is 36.0 Å². The van der Waals surface area contributed by atoms with Crippen molar-refractivity contribution in [3.63, 3.8) is 0 Å². The normalized spacial score (nSPS) is 23.5. The second-order valence-electron chi connectivity index (χ2n) is 4.14. The molecule has 0 bridgehead atoms. The molecule has 0 heteroatoms. The summed E-state index contributed by atoms with van der Waals surface area (Å²) in [4.78, 5) is 0. The lowest BCUT2D eigenvalue weighted by Crippen LogP contribution is -1.94. The number of allylic oxidation sites excluding steroid dienone is 6. The van der Waals surface area contributed by atoms with Crippen LogP contribution in [-0.2, 0) is 0 Å². The zero-order valence-electron chi connectivity index (χ0n) is 8.21. The topological polar surface area (TPSA) is 0 Å². The maximum absolute atomic E-state index is 2.46. The molecule has 0 aromatic heterocycles. The van der Waals surface area contributed by atoms with E-state index in [9.17, 15) is 0 Å². The lowest BCUT2D eigenvalue weighted by Gasteiger charge is -2.08. The Morgan fingerprint density at radius 1 is 0.923 bits per heavy atom. The van der Waals surface area contributed by atoms with Crippen molar-refractivity contribution < 1.29 is 0 Å². The minimum Gasteiger partial charge on any atom is -0.0741 e. The van der Waals surface area contributed by atoms with Crippen LogP contribution in [-0.4, -0.2) is 0 Å². The van der Waals surface area contributed by atoms with Crippen LogP contribution in [0.5, 0.6) is 0 Å². The van der Waals surface area contributed by atoms with Crippen molar-refractivity contribution in [1.29, 1.82) is 0 Å². The quantitative estimate of drug-likeness (QED) is 0.527. The van der Waals surface area contributed by atoms with Crippen LogP contribution in [0.3, 0.4) is 0 Å². The van der Waals surface area contributed by atoms with E-state index in [4.69, 9.17) is 0 Å². The number of hydrogen-bond acceptors (Lipinski definition) is 0. The van der Waals surface area contributed by atoms with Gasteiger partial charge in [-0.25, -0.2) is 0 Å². The van der Waals surface area contributed by atoms with Gasteiger partial charge in [0.2, 0.25) is 0 Å². The van der Waals surface area contributed by atoms with E-state index in [1.165, 1.54) is 44.1 Å². The third-order valence-electron chi connectivity index (χ3n) is 3.02. The molecular formula is C13H18. The van der Waals surface area contributed by atoms with Gasteiger partial charge in [0.05, 0.1) is 0 Å². The highest BCUT2D eigenvalue weighted by molar-refractivity contribution is 5.40. The van der Waals surface area contributed by atoms with Gasteiger partial charge in [-0.15, -0.1) is 0 Å². The van der Waals surface area contributed by atoms with Gasteiger partial charge < -0.3 is 0 Å². The average Bonchev–Trinajstić information content (AvgIpc) is 2.49. The fourth-order valence-electron chi connectivity index (χ4n) is 2.25. The largest absolute Gasteiger partial charge is 0.0741 e. The second kappa shape index (κ2) is 4.45. The molecule has 1 fully saturated rings. The molecule has 0 amide bonds. The van der Waals surface area contributed by atoms with Crippen LogP contribution in [0.25, 0.3) is 0 Å². The van der Waals surface area contributed by atoms with Gasteiger partial charge in [0.25, 0.3) is 0 Å². The molecule has 0 nitrogen and oxygen atoms in total. The molecule has 0 atom stereocenters. The molecule has 0 radical (unpaired) electrons. The van der Waals surface area contributed by atoms with Crippen molar-refractivity contribution in [3.8, 4) is 0 Å². The highest BCUT2D eigenvalue weighted by Crippen LogP contribution is 2.25. The van der Waals surface area contributed by atoms with Crippen molar-refractivity contribution in [2.45, 2.75) is 38.5 Å². The van der Waals surface area contributed by atoms with Gasteiger partial charge >= 0.3 is 0 Å². The van der Waals surface area contributed by atoms with Gasteiger partial charge in [0.1, 0.15) is 0 Å². The van der Waals surface area contributed by atoms with Crippen LogP contribution in [0.2, 0.25) is 0 Å². The molecule has 1 saturated carbocycles. The van der Waals surface area contributed by atoms with Crippen LogP contribution in [0.1, 0.15) is 38.5 Å². The van der Waals surface area contributed by atoms with E-state index in [1.807, 2.05) is 0 Å². The molecule has 2 aliphatic rings. The highest BCUT2D eigenvalue weighted by atomic mass is 14.1. The second-order valence-corrected chi connectivity index (χ2v) is 4.14. The Kier molecular flexibility index (Phi) is 3.02. The van der Waals surface area contributed by atoms with Crippen molar-refractivity contribution in [2.24, 2.45) is 5.92 Å². The Morgan fingerprint density at radius 3 is 2.15 bits per heavy atom. The monoisotopic (exact) mass is 174 g/mol. The lowest BCUT2D eigenvalue weighted by molar-refractivity contribution is 0.558. The summed E-state index contributed by atoms with van der Waals surface area (Å²) in [5.74, 6) is 0.852. The van der Waals surface area contributed by atoms with E-state index in [-0.39, 0.29) is 0 Å². The Labute approximate surface area is 81.0 Å². The summed E-state index contributed by atoms with van der Waals surface area (Å²) in [6, 6.07) is 0. The number of hydrogen-bond donors (Lipinski definition) is 0. The van der Waals surface area contributed by atoms with Gasteiger partial charge in [0, 0.05) is 0 Å². The molecule has 0 aromatic rings. The molecule has 2 rings (SSSR count). The van der Waals surface area contributed by atoms with E-state index in [1.54, 1.807) is 0 Å². The minimum absolute atomic E-state index is 0.852. The minimum atomic E-state index is 0.852. The maximum atomic E-state index is 2.46. The van der Waals surface area contributed by atoms with Crippen molar-refractivity contribution >= 4 is 0 Å². The zero-order valence-corrected chi connectivity index (χ0v) is 8.21. The van der Waals surface area contributed by atoms with Crippen LogP contribution < -0.4 is 0 Å². The Bertz CT molecular complexity index is 221. The zero-order chi connectivity index (χ0) is 8.93. The van der Waals surface area contributed by atoms with Gasteiger partial charge in [-0.05, 0) is 24.3 Å². The molecule has 13 heavy (non-hydrogen) atoms. The fraction of sp³-hybridized carbons (Fsp3) is 0.538. The molecule has 70 valence electrons. The predicted octanol–water partition coefficient (Wildman–Crippen LogP) is 4.01. The van der Waals surface area contributed by atoms with Crippen LogP contribution in [0, 0.1) is 5.92 Å². The van der Waals surface area contributed by atoms with Gasteiger partial charge in [-0.3, -0.25) is 0 Å². The smallest absolute Gasteiger partial charge is 0.0225 e. The predicted molar refractivity (Wildman–Crippen MR) is 57.6 cm³/mol. The van der Waals surface area contributed by atoms with Crippen molar-refractivity contribution in [1.82, 2.24) is 0 Å². The third-order valence-corrected chi connectivity index (χ3v) is 3.02. The number of rotatable bonds is 1. The first-order valence-electron chi connectivity index (χ1n) is 5.52. The molecule has 0 heterocycles. The van der Waals surface area contributed by atoms with E-state index in [2.05, 4.69) is 30.4 Å². The Balaban J connectivity index is 1.95. The van der Waals surface area contributed by atoms with Gasteiger partial charge in [-0.1, -0.05) is 56.1 Å². The highest BCUT2D eigenvalue weighted by Gasteiger charge is 2.09. The molecule has 0 unspecified atom stereocenters. The summed E-state index contributed by atoms with van der Waals surface area (Å²) >= 11 is 0. The standard InChI is InChI=1S/C13H18/c1-2-4-8-12(7-3-1)11-13-9-5-6-10-13/h5-6,9-12H,1-4,7-8H2. The third kappa shape index (κ3) is 2.58. The maximum Gasteiger partial charge on any atom is -0.0225 e. The lowest BCUT2D eigenvalue weighted by atomic mass is 9.98. The van der Waals surface area contributed by atoms with Crippen LogP contribution >= 0.6 is 0 Å². The summed E-state index contributed by atoms with van der Waals surface area (Å²) in [6.45, 7) is 0. The SMILES string of the molecule is C1=CC(=CC2CCCCCC2)C=C1. The molecule has 0 aliphatic heterocycles. The first-order chi connectivity index (χ1) is 6.45. The molecule has 0 spiro atoms. The average molecular weight is 174 g/mol. The Hall–Kier alpha value is -0.780. The molecule has 2 aliphatic carbocycles. The summed E-state index contributed by atoms with van der Waals surface area (Å²) in [5.41, 5.74) is 1.42. The molecular weight excluding hydrogens is 156 g/mol. The van der Waals surface area contributed by atoms with E-state index >= 15 is 0 Å². The van der Waals surface area contributed by atoms with Crippen molar-refractivity contribution in [2.75, 3.05) is 0 Å². The fourth-order valence-corrected chi connectivity index (χ4v) is 2.25. The molecule has 0 N–H and O–H groups in total. The summed E-state index contributed by atoms with van der Waals surface area (Å²) in [6.07, 6.45) is 19.7. The van der Waals surface area contributed by atoms with Crippen molar-refractivity contribution in [3.05, 3.63) is 36.0 Å². The van der Waals surface area contributed by atoms with Crippen LogP contribution in [0.4, 0.5) is 0 Å². The summed E-state index contributed by atoms with van der Waals surface area (Å²) in [5, 5.41) is 0. The van der Waals surface area contributed by atoms with Gasteiger partial charge in [0.15, 0.2) is 0 Å². The summed E-state index contributed by atoms with van der Waals surface area (Å²) in [7, 11) is 0. The van der Waals surface area contributed by atoms with E-state index in [0.29, 0.717) is 0 Å². The first-order valence-corrected chi connectivity index (χ1v) is 5.52.